The Hall–Kier alpha value is -0.830. The van der Waals surface area contributed by atoms with Crippen molar-refractivity contribution in [3.05, 3.63) is 18.0 Å². The predicted molar refractivity (Wildman–Crippen MR) is 84.8 cm³/mol. The van der Waals surface area contributed by atoms with E-state index in [2.05, 4.69) is 43.6 Å². The van der Waals surface area contributed by atoms with Crippen LogP contribution in [0.25, 0.3) is 0 Å². The van der Waals surface area contributed by atoms with Gasteiger partial charge in [-0.25, -0.2) is 0 Å². The number of hydrogen-bond donors (Lipinski definition) is 1. The number of rotatable bonds is 6. The molecule has 1 aromatic rings. The van der Waals surface area contributed by atoms with Gasteiger partial charge in [-0.15, -0.1) is 0 Å². The number of nitrogens with zero attached hydrogens (tertiary/aromatic N) is 2. The zero-order valence-electron chi connectivity index (χ0n) is 13.4. The SMILES string of the molecule is CCn1cc(CC2CCCCCC2CNC(C)C)cn1. The second kappa shape index (κ2) is 7.82. The summed E-state index contributed by atoms with van der Waals surface area (Å²) in [5, 5.41) is 8.08. The van der Waals surface area contributed by atoms with Gasteiger partial charge < -0.3 is 5.32 Å². The molecule has 1 N–H and O–H groups in total. The fraction of sp³-hybridized carbons (Fsp3) is 0.824. The summed E-state index contributed by atoms with van der Waals surface area (Å²) in [5.41, 5.74) is 1.42. The van der Waals surface area contributed by atoms with Crippen LogP contribution in [0.4, 0.5) is 0 Å². The Bertz CT molecular complexity index is 383. The Labute approximate surface area is 124 Å². The molecule has 2 rings (SSSR count). The minimum absolute atomic E-state index is 0.599. The lowest BCUT2D eigenvalue weighted by Crippen LogP contribution is -2.32. The van der Waals surface area contributed by atoms with Crippen molar-refractivity contribution in [1.82, 2.24) is 15.1 Å². The Morgan fingerprint density at radius 3 is 2.65 bits per heavy atom. The zero-order chi connectivity index (χ0) is 14.4. The molecule has 1 aliphatic rings. The Morgan fingerprint density at radius 1 is 1.25 bits per heavy atom. The maximum Gasteiger partial charge on any atom is 0.0521 e. The third-order valence-corrected chi connectivity index (χ3v) is 4.61. The molecule has 2 atom stereocenters. The van der Waals surface area contributed by atoms with E-state index in [1.54, 1.807) is 0 Å². The topological polar surface area (TPSA) is 29.9 Å². The van der Waals surface area contributed by atoms with Gasteiger partial charge in [0.1, 0.15) is 0 Å². The first-order chi connectivity index (χ1) is 9.69. The highest BCUT2D eigenvalue weighted by atomic mass is 15.3. The molecule has 1 aliphatic carbocycles. The molecule has 0 saturated heterocycles. The van der Waals surface area contributed by atoms with Gasteiger partial charge in [-0.3, -0.25) is 4.68 Å². The van der Waals surface area contributed by atoms with Gasteiger partial charge in [0.25, 0.3) is 0 Å². The Morgan fingerprint density at radius 2 is 2.00 bits per heavy atom. The van der Waals surface area contributed by atoms with Crippen LogP contribution in [-0.4, -0.2) is 22.4 Å². The average molecular weight is 277 g/mol. The Balaban J connectivity index is 1.96. The molecule has 114 valence electrons. The number of aryl methyl sites for hydroxylation is 1. The van der Waals surface area contributed by atoms with E-state index >= 15 is 0 Å². The van der Waals surface area contributed by atoms with E-state index in [4.69, 9.17) is 0 Å². The van der Waals surface area contributed by atoms with Crippen molar-refractivity contribution >= 4 is 0 Å². The molecular formula is C17H31N3. The van der Waals surface area contributed by atoms with Gasteiger partial charge in [-0.05, 0) is 50.1 Å². The van der Waals surface area contributed by atoms with Crippen LogP contribution in [0, 0.1) is 11.8 Å². The summed E-state index contributed by atoms with van der Waals surface area (Å²) < 4.78 is 2.05. The van der Waals surface area contributed by atoms with E-state index in [-0.39, 0.29) is 0 Å². The first kappa shape index (κ1) is 15.6. The predicted octanol–water partition coefficient (Wildman–Crippen LogP) is 3.64. The van der Waals surface area contributed by atoms with Crippen molar-refractivity contribution in [1.29, 1.82) is 0 Å². The van der Waals surface area contributed by atoms with Crippen molar-refractivity contribution < 1.29 is 0 Å². The molecule has 0 aromatic carbocycles. The standard InChI is InChI=1S/C17H31N3/c1-4-20-13-15(11-19-20)10-16-8-6-5-7-9-17(16)12-18-14(2)3/h11,13-14,16-18H,4-10,12H2,1-3H3. The third kappa shape index (κ3) is 4.62. The molecule has 0 amide bonds. The van der Waals surface area contributed by atoms with Crippen molar-refractivity contribution in [2.24, 2.45) is 11.8 Å². The molecule has 0 radical (unpaired) electrons. The molecule has 20 heavy (non-hydrogen) atoms. The zero-order valence-corrected chi connectivity index (χ0v) is 13.4. The van der Waals surface area contributed by atoms with E-state index in [1.165, 1.54) is 50.6 Å². The van der Waals surface area contributed by atoms with E-state index in [0.717, 1.165) is 18.4 Å². The third-order valence-electron chi connectivity index (χ3n) is 4.61. The summed E-state index contributed by atoms with van der Waals surface area (Å²) in [7, 11) is 0. The van der Waals surface area contributed by atoms with Crippen LogP contribution in [0.5, 0.6) is 0 Å². The fourth-order valence-electron chi connectivity index (χ4n) is 3.37. The highest BCUT2D eigenvalue weighted by molar-refractivity contribution is 5.05. The van der Waals surface area contributed by atoms with Crippen molar-refractivity contribution in [2.75, 3.05) is 6.54 Å². The number of aromatic nitrogens is 2. The fourth-order valence-corrected chi connectivity index (χ4v) is 3.37. The lowest BCUT2D eigenvalue weighted by atomic mass is 9.83. The molecular weight excluding hydrogens is 246 g/mol. The normalized spacial score (nSPS) is 24.0. The highest BCUT2D eigenvalue weighted by Crippen LogP contribution is 2.31. The van der Waals surface area contributed by atoms with Gasteiger partial charge in [0, 0.05) is 18.8 Å². The number of nitrogens with one attached hydrogen (secondary N) is 1. The van der Waals surface area contributed by atoms with E-state index in [9.17, 15) is 0 Å². The lowest BCUT2D eigenvalue weighted by Gasteiger charge is -2.26. The summed E-state index contributed by atoms with van der Waals surface area (Å²) in [6.07, 6.45) is 12.5. The van der Waals surface area contributed by atoms with Crippen LogP contribution in [0.1, 0.15) is 58.4 Å². The van der Waals surface area contributed by atoms with Crippen LogP contribution in [-0.2, 0) is 13.0 Å². The van der Waals surface area contributed by atoms with Crippen LogP contribution >= 0.6 is 0 Å². The van der Waals surface area contributed by atoms with Gasteiger partial charge in [0.15, 0.2) is 0 Å². The summed E-state index contributed by atoms with van der Waals surface area (Å²) in [4.78, 5) is 0. The average Bonchev–Trinajstić information content (AvgIpc) is 2.76. The smallest absolute Gasteiger partial charge is 0.0521 e. The monoisotopic (exact) mass is 277 g/mol. The molecule has 0 bridgehead atoms. The largest absolute Gasteiger partial charge is 0.314 e. The van der Waals surface area contributed by atoms with Gasteiger partial charge in [-0.1, -0.05) is 33.1 Å². The second-order valence-corrected chi connectivity index (χ2v) is 6.63. The van der Waals surface area contributed by atoms with Crippen LogP contribution < -0.4 is 5.32 Å². The molecule has 2 unspecified atom stereocenters. The van der Waals surface area contributed by atoms with Crippen LogP contribution in [0.15, 0.2) is 12.4 Å². The van der Waals surface area contributed by atoms with E-state index in [0.29, 0.717) is 6.04 Å². The van der Waals surface area contributed by atoms with Gasteiger partial charge in [0.2, 0.25) is 0 Å². The molecule has 0 aliphatic heterocycles. The summed E-state index contributed by atoms with van der Waals surface area (Å²) in [5.74, 6) is 1.67. The summed E-state index contributed by atoms with van der Waals surface area (Å²) >= 11 is 0. The molecule has 0 spiro atoms. The summed E-state index contributed by atoms with van der Waals surface area (Å²) in [6.45, 7) is 8.80. The van der Waals surface area contributed by atoms with Crippen LogP contribution in [0.3, 0.4) is 0 Å². The second-order valence-electron chi connectivity index (χ2n) is 6.63. The molecule has 1 fully saturated rings. The van der Waals surface area contributed by atoms with Gasteiger partial charge >= 0.3 is 0 Å². The maximum absolute atomic E-state index is 4.42. The van der Waals surface area contributed by atoms with E-state index in [1.807, 2.05) is 4.68 Å². The first-order valence-electron chi connectivity index (χ1n) is 8.43. The van der Waals surface area contributed by atoms with Crippen molar-refractivity contribution in [2.45, 2.75) is 71.9 Å². The minimum Gasteiger partial charge on any atom is -0.314 e. The molecule has 3 heteroatoms. The van der Waals surface area contributed by atoms with Gasteiger partial charge in [0.05, 0.1) is 6.20 Å². The summed E-state index contributed by atoms with van der Waals surface area (Å²) in [6, 6.07) is 0.599. The highest BCUT2D eigenvalue weighted by Gasteiger charge is 2.24. The molecule has 1 heterocycles. The van der Waals surface area contributed by atoms with Crippen LogP contribution in [0.2, 0.25) is 0 Å². The van der Waals surface area contributed by atoms with E-state index < -0.39 is 0 Å². The van der Waals surface area contributed by atoms with Crippen molar-refractivity contribution in [3.8, 4) is 0 Å². The molecule has 3 nitrogen and oxygen atoms in total. The molecule has 1 saturated carbocycles. The lowest BCUT2D eigenvalue weighted by molar-refractivity contribution is 0.291. The minimum atomic E-state index is 0.599. The molecule has 1 aromatic heterocycles. The van der Waals surface area contributed by atoms with Gasteiger partial charge in [-0.2, -0.15) is 5.10 Å². The van der Waals surface area contributed by atoms with Crippen molar-refractivity contribution in [3.63, 3.8) is 0 Å². The quantitative estimate of drug-likeness (QED) is 0.805. The Kier molecular flexibility index (Phi) is 6.08. The maximum atomic E-state index is 4.42. The first-order valence-corrected chi connectivity index (χ1v) is 8.43. The number of hydrogen-bond acceptors (Lipinski definition) is 2.